The van der Waals surface area contributed by atoms with E-state index in [1.165, 1.54) is 12.1 Å². The molecule has 2 aromatic carbocycles. The molecule has 0 amide bonds. The van der Waals surface area contributed by atoms with Crippen LogP contribution in [0.2, 0.25) is 0 Å². The Labute approximate surface area is 212 Å². The molecule has 0 bridgehead atoms. The van der Waals surface area contributed by atoms with Gasteiger partial charge in [-0.1, -0.05) is 0 Å². The van der Waals surface area contributed by atoms with Crippen LogP contribution in [-0.2, 0) is 4.74 Å². The van der Waals surface area contributed by atoms with Crippen molar-refractivity contribution in [3.8, 4) is 17.2 Å². The van der Waals surface area contributed by atoms with Gasteiger partial charge in [-0.25, -0.2) is 5.43 Å². The number of hydrogen-bond donors (Lipinski definition) is 2. The van der Waals surface area contributed by atoms with Crippen LogP contribution in [-0.4, -0.2) is 73.7 Å². The monoisotopic (exact) mass is 510 g/mol. The zero-order chi connectivity index (χ0) is 26.2. The van der Waals surface area contributed by atoms with E-state index in [-0.39, 0.29) is 17.6 Å². The molecule has 2 heterocycles. The van der Waals surface area contributed by atoms with Gasteiger partial charge in [0, 0.05) is 42.5 Å². The Hall–Kier alpha value is -4.72. The molecule has 37 heavy (non-hydrogen) atoms. The standard InChI is InChI=1S/C23H26N8O6/c1-34-18-13-20(36-3)19(35-2)12-15(18)14-24-29-22-26-21(25-16-4-6-17(7-5-16)31(32)33)27-23(28-22)30-8-10-37-11-9-30/h4-7,12-14H,8-11H2,1-3H3,(H2,25,26,27,28,29). The first-order chi connectivity index (χ1) is 18.0. The molecule has 2 N–H and O–H groups in total. The lowest BCUT2D eigenvalue weighted by Crippen LogP contribution is -2.37. The van der Waals surface area contributed by atoms with Crippen LogP contribution < -0.4 is 29.9 Å². The van der Waals surface area contributed by atoms with E-state index in [1.54, 1.807) is 51.8 Å². The Morgan fingerprint density at radius 2 is 1.62 bits per heavy atom. The summed E-state index contributed by atoms with van der Waals surface area (Å²) in [4.78, 5) is 25.8. The van der Waals surface area contributed by atoms with Gasteiger partial charge in [0.25, 0.3) is 5.69 Å². The van der Waals surface area contributed by atoms with Crippen molar-refractivity contribution in [1.29, 1.82) is 0 Å². The molecule has 0 spiro atoms. The quantitative estimate of drug-likeness (QED) is 0.234. The maximum absolute atomic E-state index is 10.9. The molecule has 0 aliphatic carbocycles. The van der Waals surface area contributed by atoms with Crippen LogP contribution in [0.15, 0.2) is 41.5 Å². The highest BCUT2D eigenvalue weighted by Gasteiger charge is 2.17. The summed E-state index contributed by atoms with van der Waals surface area (Å²) in [5.74, 6) is 2.45. The Balaban J connectivity index is 1.59. The molecule has 194 valence electrons. The lowest BCUT2D eigenvalue weighted by atomic mass is 10.2. The number of anilines is 4. The van der Waals surface area contributed by atoms with Crippen LogP contribution in [0.4, 0.5) is 29.2 Å². The Bertz CT molecular complexity index is 1260. The Kier molecular flexibility index (Phi) is 8.10. The van der Waals surface area contributed by atoms with Gasteiger partial charge in [-0.15, -0.1) is 0 Å². The largest absolute Gasteiger partial charge is 0.496 e. The summed E-state index contributed by atoms with van der Waals surface area (Å²) in [6.07, 6.45) is 1.54. The van der Waals surface area contributed by atoms with Crippen molar-refractivity contribution in [3.63, 3.8) is 0 Å². The van der Waals surface area contributed by atoms with Gasteiger partial charge in [-0.05, 0) is 18.2 Å². The maximum atomic E-state index is 10.9. The van der Waals surface area contributed by atoms with E-state index in [0.717, 1.165) is 0 Å². The van der Waals surface area contributed by atoms with Crippen molar-refractivity contribution in [2.45, 2.75) is 0 Å². The van der Waals surface area contributed by atoms with Crippen LogP contribution in [0.5, 0.6) is 17.2 Å². The first kappa shape index (κ1) is 25.4. The second-order valence-corrected chi connectivity index (χ2v) is 7.63. The lowest BCUT2D eigenvalue weighted by molar-refractivity contribution is -0.384. The van der Waals surface area contributed by atoms with Crippen LogP contribution in [0.25, 0.3) is 0 Å². The number of non-ortho nitro benzene ring substituents is 1. The predicted molar refractivity (Wildman–Crippen MR) is 137 cm³/mol. The van der Waals surface area contributed by atoms with E-state index < -0.39 is 4.92 Å². The second kappa shape index (κ2) is 11.8. The smallest absolute Gasteiger partial charge is 0.269 e. The minimum absolute atomic E-state index is 0.0162. The molecule has 4 rings (SSSR count). The van der Waals surface area contributed by atoms with Gasteiger partial charge in [-0.2, -0.15) is 20.1 Å². The van der Waals surface area contributed by atoms with Crippen LogP contribution >= 0.6 is 0 Å². The third-order valence-corrected chi connectivity index (χ3v) is 5.36. The molecule has 3 aromatic rings. The number of nitrogens with one attached hydrogen (secondary N) is 2. The number of nitro benzene ring substituents is 1. The van der Waals surface area contributed by atoms with E-state index in [9.17, 15) is 10.1 Å². The number of benzene rings is 2. The zero-order valence-electron chi connectivity index (χ0n) is 20.5. The number of nitro groups is 1. The summed E-state index contributed by atoms with van der Waals surface area (Å²) in [6, 6.07) is 9.37. The highest BCUT2D eigenvalue weighted by Crippen LogP contribution is 2.33. The molecular formula is C23H26N8O6. The van der Waals surface area contributed by atoms with E-state index in [4.69, 9.17) is 18.9 Å². The summed E-state index contributed by atoms with van der Waals surface area (Å²) in [5.41, 5.74) is 4.03. The number of rotatable bonds is 10. The third-order valence-electron chi connectivity index (χ3n) is 5.36. The Morgan fingerprint density at radius 3 is 2.27 bits per heavy atom. The molecule has 1 fully saturated rings. The number of methoxy groups -OCH3 is 3. The topological polar surface area (TPSA) is 158 Å². The molecule has 0 saturated carbocycles. The predicted octanol–water partition coefficient (Wildman–Crippen LogP) is 2.83. The maximum Gasteiger partial charge on any atom is 0.269 e. The minimum Gasteiger partial charge on any atom is -0.496 e. The third kappa shape index (κ3) is 6.29. The highest BCUT2D eigenvalue weighted by atomic mass is 16.6. The van der Waals surface area contributed by atoms with Crippen LogP contribution in [0.3, 0.4) is 0 Å². The summed E-state index contributed by atoms with van der Waals surface area (Å²) >= 11 is 0. The van der Waals surface area contributed by atoms with Crippen molar-refractivity contribution >= 4 is 35.4 Å². The summed E-state index contributed by atoms with van der Waals surface area (Å²) < 4.78 is 21.5. The number of morpholine rings is 1. The number of nitrogens with zero attached hydrogens (tertiary/aromatic N) is 6. The molecule has 1 aliphatic heterocycles. The van der Waals surface area contributed by atoms with Crippen molar-refractivity contribution in [3.05, 3.63) is 52.1 Å². The van der Waals surface area contributed by atoms with Gasteiger partial charge >= 0.3 is 0 Å². The second-order valence-electron chi connectivity index (χ2n) is 7.63. The lowest BCUT2D eigenvalue weighted by Gasteiger charge is -2.27. The fraction of sp³-hybridized carbons (Fsp3) is 0.304. The van der Waals surface area contributed by atoms with Gasteiger partial charge in [0.1, 0.15) is 5.75 Å². The molecule has 0 unspecified atom stereocenters. The molecule has 1 aliphatic rings. The van der Waals surface area contributed by atoms with Gasteiger partial charge in [0.2, 0.25) is 17.8 Å². The fourth-order valence-corrected chi connectivity index (χ4v) is 3.48. The number of aromatic nitrogens is 3. The highest BCUT2D eigenvalue weighted by molar-refractivity contribution is 5.85. The minimum atomic E-state index is -0.462. The van der Waals surface area contributed by atoms with Crippen LogP contribution in [0.1, 0.15) is 5.56 Å². The SMILES string of the molecule is COc1cc(OC)c(OC)cc1C=NNc1nc(Nc2ccc([N+](=O)[O-])cc2)nc(N2CCOCC2)n1. The number of hydrogen-bond acceptors (Lipinski definition) is 13. The van der Waals surface area contributed by atoms with Crippen molar-refractivity contribution in [2.75, 3.05) is 63.3 Å². The Morgan fingerprint density at radius 1 is 0.973 bits per heavy atom. The van der Waals surface area contributed by atoms with E-state index in [2.05, 4.69) is 30.8 Å². The molecular weight excluding hydrogens is 484 g/mol. The molecule has 1 saturated heterocycles. The van der Waals surface area contributed by atoms with Gasteiger partial charge in [0.15, 0.2) is 11.5 Å². The van der Waals surface area contributed by atoms with E-state index in [0.29, 0.717) is 60.8 Å². The summed E-state index contributed by atoms with van der Waals surface area (Å²) in [7, 11) is 4.63. The van der Waals surface area contributed by atoms with E-state index >= 15 is 0 Å². The normalized spacial score (nSPS) is 13.3. The average Bonchev–Trinajstić information content (AvgIpc) is 2.93. The van der Waals surface area contributed by atoms with Crippen LogP contribution in [0, 0.1) is 10.1 Å². The van der Waals surface area contributed by atoms with Crippen molar-refractivity contribution in [2.24, 2.45) is 5.10 Å². The van der Waals surface area contributed by atoms with E-state index in [1.807, 2.05) is 4.90 Å². The van der Waals surface area contributed by atoms with Gasteiger partial charge < -0.3 is 29.2 Å². The number of hydrazone groups is 1. The average molecular weight is 511 g/mol. The van der Waals surface area contributed by atoms with Gasteiger partial charge in [-0.3, -0.25) is 10.1 Å². The number of ether oxygens (including phenoxy) is 4. The first-order valence-corrected chi connectivity index (χ1v) is 11.2. The first-order valence-electron chi connectivity index (χ1n) is 11.2. The molecule has 1 aromatic heterocycles. The summed E-state index contributed by atoms with van der Waals surface area (Å²) in [6.45, 7) is 2.34. The molecule has 0 radical (unpaired) electrons. The fourth-order valence-electron chi connectivity index (χ4n) is 3.48. The zero-order valence-corrected chi connectivity index (χ0v) is 20.5. The molecule has 14 nitrogen and oxygen atoms in total. The molecule has 0 atom stereocenters. The van der Waals surface area contributed by atoms with Crippen molar-refractivity contribution in [1.82, 2.24) is 15.0 Å². The summed E-state index contributed by atoms with van der Waals surface area (Å²) in [5, 5.41) is 18.3. The van der Waals surface area contributed by atoms with Gasteiger partial charge in [0.05, 0.1) is 45.7 Å². The molecule has 14 heteroatoms. The van der Waals surface area contributed by atoms with Crippen molar-refractivity contribution < 1.29 is 23.9 Å².